The first kappa shape index (κ1) is 4.89. The number of hydrogen-bond acceptors (Lipinski definition) is 0. The standard InChI is InChI=1S/C11H14/c1-5-2-7(6(1)5)8-3-11-4-9(11)10(8)11/h5-10H,1-4H2. The van der Waals surface area contributed by atoms with Crippen molar-refractivity contribution in [1.29, 1.82) is 0 Å². The van der Waals surface area contributed by atoms with Gasteiger partial charge in [-0.3, -0.25) is 0 Å². The molecule has 58 valence electrons. The number of fused-ring (bicyclic) bond motifs is 2. The van der Waals surface area contributed by atoms with Gasteiger partial charge in [0.2, 0.25) is 0 Å². The highest BCUT2D eigenvalue weighted by atomic mass is 14.9. The Kier molecular flexibility index (Phi) is 0.459. The number of rotatable bonds is 1. The molecule has 1 spiro atoms. The monoisotopic (exact) mass is 146 g/mol. The van der Waals surface area contributed by atoms with Gasteiger partial charge in [-0.05, 0) is 66.6 Å². The van der Waals surface area contributed by atoms with Crippen LogP contribution in [0.25, 0.3) is 0 Å². The second-order valence-electron chi connectivity index (χ2n) is 6.00. The van der Waals surface area contributed by atoms with Crippen LogP contribution < -0.4 is 0 Å². The summed E-state index contributed by atoms with van der Waals surface area (Å²) in [6, 6.07) is 0. The third kappa shape index (κ3) is 0.331. The summed E-state index contributed by atoms with van der Waals surface area (Å²) in [6.45, 7) is 0. The average Bonchev–Trinajstić information content (AvgIpc) is 2.75. The molecule has 0 radical (unpaired) electrons. The maximum Gasteiger partial charge on any atom is -0.0226 e. The van der Waals surface area contributed by atoms with Gasteiger partial charge < -0.3 is 0 Å². The Morgan fingerprint density at radius 1 is 0.909 bits per heavy atom. The van der Waals surface area contributed by atoms with Crippen molar-refractivity contribution < 1.29 is 0 Å². The van der Waals surface area contributed by atoms with Crippen molar-refractivity contribution in [3.8, 4) is 0 Å². The summed E-state index contributed by atoms with van der Waals surface area (Å²) in [5.41, 5.74) is 1.05. The minimum absolute atomic E-state index is 1.05. The molecule has 0 bridgehead atoms. The zero-order valence-electron chi connectivity index (χ0n) is 6.79. The molecule has 0 saturated heterocycles. The molecule has 0 heteroatoms. The molecular formula is C11H14. The maximum absolute atomic E-state index is 1.68. The summed E-state index contributed by atoms with van der Waals surface area (Å²) in [4.78, 5) is 0. The van der Waals surface area contributed by atoms with Crippen molar-refractivity contribution in [3.63, 3.8) is 0 Å². The van der Waals surface area contributed by atoms with Gasteiger partial charge >= 0.3 is 0 Å². The topological polar surface area (TPSA) is 0 Å². The summed E-state index contributed by atoms with van der Waals surface area (Å²) in [7, 11) is 0. The van der Waals surface area contributed by atoms with Crippen LogP contribution in [0.1, 0.15) is 25.7 Å². The van der Waals surface area contributed by atoms with Gasteiger partial charge in [-0.25, -0.2) is 0 Å². The molecule has 5 rings (SSSR count). The molecule has 5 aliphatic carbocycles. The Morgan fingerprint density at radius 2 is 1.82 bits per heavy atom. The summed E-state index contributed by atoms with van der Waals surface area (Å²) in [6.07, 6.45) is 6.60. The highest BCUT2D eigenvalue weighted by Crippen LogP contribution is 2.94. The van der Waals surface area contributed by atoms with Crippen LogP contribution >= 0.6 is 0 Å². The maximum atomic E-state index is 1.68. The Bertz CT molecular complexity index is 269. The van der Waals surface area contributed by atoms with Crippen molar-refractivity contribution in [2.24, 2.45) is 40.9 Å². The SMILES string of the molecule is C1C2CC(C3CC45CC4C35)C12. The minimum Gasteiger partial charge on any atom is -0.0468 e. The van der Waals surface area contributed by atoms with E-state index in [1.807, 2.05) is 0 Å². The van der Waals surface area contributed by atoms with Crippen LogP contribution in [-0.4, -0.2) is 0 Å². The van der Waals surface area contributed by atoms with E-state index in [2.05, 4.69) is 0 Å². The zero-order valence-corrected chi connectivity index (χ0v) is 6.79. The molecule has 0 amide bonds. The van der Waals surface area contributed by atoms with E-state index >= 15 is 0 Å². The summed E-state index contributed by atoms with van der Waals surface area (Å²) < 4.78 is 0. The molecular weight excluding hydrogens is 132 g/mol. The Labute approximate surface area is 67.4 Å². The molecule has 0 aromatic heterocycles. The normalized spacial score (nSPS) is 85.1. The lowest BCUT2D eigenvalue weighted by atomic mass is 9.61. The van der Waals surface area contributed by atoms with Crippen molar-refractivity contribution in [3.05, 3.63) is 0 Å². The van der Waals surface area contributed by atoms with Gasteiger partial charge in [0.05, 0.1) is 0 Å². The van der Waals surface area contributed by atoms with E-state index < -0.39 is 0 Å². The molecule has 5 aliphatic rings. The molecule has 7 atom stereocenters. The van der Waals surface area contributed by atoms with Gasteiger partial charge in [-0.2, -0.15) is 0 Å². The second-order valence-corrected chi connectivity index (χ2v) is 6.00. The van der Waals surface area contributed by atoms with Crippen LogP contribution in [0.15, 0.2) is 0 Å². The molecule has 0 aromatic carbocycles. The van der Waals surface area contributed by atoms with E-state index in [9.17, 15) is 0 Å². The third-order valence-electron chi connectivity index (χ3n) is 5.90. The van der Waals surface area contributed by atoms with Gasteiger partial charge in [0, 0.05) is 0 Å². The smallest absolute Gasteiger partial charge is 0.0226 e. The lowest BCUT2D eigenvalue weighted by Gasteiger charge is -2.43. The fourth-order valence-corrected chi connectivity index (χ4v) is 4.87. The molecule has 7 unspecified atom stereocenters. The fraction of sp³-hybridized carbons (Fsp3) is 1.00. The molecule has 5 fully saturated rings. The molecule has 0 nitrogen and oxygen atoms in total. The molecule has 0 heterocycles. The van der Waals surface area contributed by atoms with Crippen LogP contribution in [0.2, 0.25) is 0 Å². The van der Waals surface area contributed by atoms with E-state index in [4.69, 9.17) is 0 Å². The first-order valence-electron chi connectivity index (χ1n) is 5.40. The summed E-state index contributed by atoms with van der Waals surface area (Å²) >= 11 is 0. The Morgan fingerprint density at radius 3 is 2.18 bits per heavy atom. The third-order valence-corrected chi connectivity index (χ3v) is 5.90. The van der Waals surface area contributed by atoms with Crippen LogP contribution in [0, 0.1) is 40.9 Å². The molecule has 0 aliphatic heterocycles. The molecule has 5 saturated carbocycles. The largest absolute Gasteiger partial charge is 0.0468 e. The van der Waals surface area contributed by atoms with E-state index in [0.717, 1.165) is 5.41 Å². The van der Waals surface area contributed by atoms with Crippen molar-refractivity contribution in [2.75, 3.05) is 0 Å². The first-order valence-corrected chi connectivity index (χ1v) is 5.40. The predicted molar refractivity (Wildman–Crippen MR) is 41.8 cm³/mol. The Balaban J connectivity index is 1.45. The van der Waals surface area contributed by atoms with E-state index in [1.165, 1.54) is 35.5 Å². The average molecular weight is 146 g/mol. The molecule has 11 heavy (non-hydrogen) atoms. The van der Waals surface area contributed by atoms with Crippen molar-refractivity contribution >= 4 is 0 Å². The van der Waals surface area contributed by atoms with Crippen molar-refractivity contribution in [2.45, 2.75) is 25.7 Å². The molecule has 0 aromatic rings. The highest BCUT2D eigenvalue weighted by molar-refractivity contribution is 5.35. The van der Waals surface area contributed by atoms with Gasteiger partial charge in [0.25, 0.3) is 0 Å². The minimum atomic E-state index is 1.05. The van der Waals surface area contributed by atoms with Crippen molar-refractivity contribution in [1.82, 2.24) is 0 Å². The van der Waals surface area contributed by atoms with Gasteiger partial charge in [-0.1, -0.05) is 0 Å². The van der Waals surface area contributed by atoms with E-state index in [-0.39, 0.29) is 0 Å². The van der Waals surface area contributed by atoms with Crippen LogP contribution in [0.5, 0.6) is 0 Å². The van der Waals surface area contributed by atoms with Crippen LogP contribution in [0.3, 0.4) is 0 Å². The lowest BCUT2D eigenvalue weighted by molar-refractivity contribution is 0.0516. The molecule has 0 N–H and O–H groups in total. The lowest BCUT2D eigenvalue weighted by Crippen LogP contribution is -2.37. The quantitative estimate of drug-likeness (QED) is 0.532. The van der Waals surface area contributed by atoms with Crippen LogP contribution in [0.4, 0.5) is 0 Å². The van der Waals surface area contributed by atoms with Gasteiger partial charge in [0.15, 0.2) is 0 Å². The van der Waals surface area contributed by atoms with E-state index in [0.29, 0.717) is 0 Å². The first-order chi connectivity index (χ1) is 5.40. The summed E-state index contributed by atoms with van der Waals surface area (Å²) in [5.74, 6) is 7.60. The van der Waals surface area contributed by atoms with Gasteiger partial charge in [0.1, 0.15) is 0 Å². The highest BCUT2D eigenvalue weighted by Gasteiger charge is 2.88. The number of hydrogen-bond donors (Lipinski definition) is 0. The Hall–Kier alpha value is 0. The summed E-state index contributed by atoms with van der Waals surface area (Å²) in [5, 5.41) is 0. The zero-order chi connectivity index (χ0) is 6.79. The predicted octanol–water partition coefficient (Wildman–Crippen LogP) is 2.30. The second kappa shape index (κ2) is 1.03. The van der Waals surface area contributed by atoms with Gasteiger partial charge in [-0.15, -0.1) is 0 Å². The van der Waals surface area contributed by atoms with Crippen LogP contribution in [-0.2, 0) is 0 Å². The van der Waals surface area contributed by atoms with E-state index in [1.54, 1.807) is 25.7 Å². The fourth-order valence-electron chi connectivity index (χ4n) is 4.87.